The normalized spacial score (nSPS) is 14.2. The maximum atomic E-state index is 13.6. The SMILES string of the molecule is Cc1cc(N2CCCCC2)nc(CNC(=O)Nc2c(F)cccc2F)n1. The molecule has 8 heteroatoms. The van der Waals surface area contributed by atoms with Crippen LogP contribution in [0.1, 0.15) is 30.8 Å². The van der Waals surface area contributed by atoms with E-state index in [4.69, 9.17) is 0 Å². The number of aryl methyl sites for hydroxylation is 1. The third-order valence-electron chi connectivity index (χ3n) is 4.18. The fourth-order valence-corrected chi connectivity index (χ4v) is 2.91. The summed E-state index contributed by atoms with van der Waals surface area (Å²) >= 11 is 0. The van der Waals surface area contributed by atoms with Crippen LogP contribution < -0.4 is 15.5 Å². The van der Waals surface area contributed by atoms with Crippen LogP contribution in [0.2, 0.25) is 0 Å². The molecule has 2 N–H and O–H groups in total. The van der Waals surface area contributed by atoms with Crippen LogP contribution in [0.15, 0.2) is 24.3 Å². The van der Waals surface area contributed by atoms with Crippen molar-refractivity contribution in [3.63, 3.8) is 0 Å². The lowest BCUT2D eigenvalue weighted by Crippen LogP contribution is -2.32. The van der Waals surface area contributed by atoms with Crippen LogP contribution in [0.25, 0.3) is 0 Å². The van der Waals surface area contributed by atoms with E-state index < -0.39 is 23.4 Å². The molecular formula is C18H21F2N5O. The minimum atomic E-state index is -0.834. The van der Waals surface area contributed by atoms with Gasteiger partial charge in [-0.15, -0.1) is 0 Å². The Bertz CT molecular complexity index is 773. The molecule has 1 aliphatic rings. The molecule has 138 valence electrons. The summed E-state index contributed by atoms with van der Waals surface area (Å²) in [4.78, 5) is 23.0. The maximum Gasteiger partial charge on any atom is 0.319 e. The molecule has 26 heavy (non-hydrogen) atoms. The second-order valence-corrected chi connectivity index (χ2v) is 6.24. The van der Waals surface area contributed by atoms with Gasteiger partial charge in [-0.2, -0.15) is 0 Å². The van der Waals surface area contributed by atoms with Crippen molar-refractivity contribution in [2.24, 2.45) is 0 Å². The monoisotopic (exact) mass is 361 g/mol. The van der Waals surface area contributed by atoms with Gasteiger partial charge < -0.3 is 15.5 Å². The smallest absolute Gasteiger partial charge is 0.319 e. The Balaban J connectivity index is 1.63. The number of hydrogen-bond donors (Lipinski definition) is 2. The number of benzene rings is 1. The summed E-state index contributed by atoms with van der Waals surface area (Å²) in [6.45, 7) is 3.84. The van der Waals surface area contributed by atoms with Gasteiger partial charge in [0.1, 0.15) is 29.0 Å². The van der Waals surface area contributed by atoms with Crippen LogP contribution in [-0.2, 0) is 6.54 Å². The first-order valence-electron chi connectivity index (χ1n) is 8.61. The van der Waals surface area contributed by atoms with Crippen molar-refractivity contribution < 1.29 is 13.6 Å². The summed E-state index contributed by atoms with van der Waals surface area (Å²) < 4.78 is 27.1. The number of hydrogen-bond acceptors (Lipinski definition) is 4. The summed E-state index contributed by atoms with van der Waals surface area (Å²) in [5, 5.41) is 4.71. The van der Waals surface area contributed by atoms with E-state index in [0.717, 1.165) is 49.6 Å². The number of piperidine rings is 1. The largest absolute Gasteiger partial charge is 0.357 e. The molecule has 0 radical (unpaired) electrons. The van der Waals surface area contributed by atoms with Crippen molar-refractivity contribution in [3.05, 3.63) is 47.4 Å². The molecule has 1 aliphatic heterocycles. The fraction of sp³-hybridized carbons (Fsp3) is 0.389. The molecule has 3 rings (SSSR count). The van der Waals surface area contributed by atoms with E-state index in [1.165, 1.54) is 12.5 Å². The highest BCUT2D eigenvalue weighted by molar-refractivity contribution is 5.89. The van der Waals surface area contributed by atoms with E-state index in [9.17, 15) is 13.6 Å². The summed E-state index contributed by atoms with van der Waals surface area (Å²) in [6.07, 6.45) is 3.49. The Morgan fingerprint density at radius 2 is 1.85 bits per heavy atom. The van der Waals surface area contributed by atoms with Gasteiger partial charge in [0.25, 0.3) is 0 Å². The van der Waals surface area contributed by atoms with Crippen LogP contribution in [0.3, 0.4) is 0 Å². The van der Waals surface area contributed by atoms with Crippen molar-refractivity contribution >= 4 is 17.5 Å². The third kappa shape index (κ3) is 4.44. The molecule has 2 amide bonds. The first kappa shape index (κ1) is 18.0. The Kier molecular flexibility index (Phi) is 5.60. The van der Waals surface area contributed by atoms with Gasteiger partial charge in [-0.25, -0.2) is 23.5 Å². The third-order valence-corrected chi connectivity index (χ3v) is 4.18. The van der Waals surface area contributed by atoms with Gasteiger partial charge in [0.15, 0.2) is 0 Å². The summed E-state index contributed by atoms with van der Waals surface area (Å²) in [7, 11) is 0. The lowest BCUT2D eigenvalue weighted by molar-refractivity contribution is 0.251. The van der Waals surface area contributed by atoms with E-state index in [0.29, 0.717) is 5.82 Å². The summed E-state index contributed by atoms with van der Waals surface area (Å²) in [5.41, 5.74) is 0.321. The molecule has 0 aliphatic carbocycles. The van der Waals surface area contributed by atoms with Gasteiger partial charge in [-0.05, 0) is 38.3 Å². The molecule has 1 aromatic carbocycles. The zero-order chi connectivity index (χ0) is 18.5. The van der Waals surface area contributed by atoms with E-state index in [2.05, 4.69) is 25.5 Å². The number of rotatable bonds is 4. The number of amides is 2. The molecule has 0 spiro atoms. The molecule has 1 saturated heterocycles. The highest BCUT2D eigenvalue weighted by atomic mass is 19.1. The second-order valence-electron chi connectivity index (χ2n) is 6.24. The molecule has 2 heterocycles. The zero-order valence-corrected chi connectivity index (χ0v) is 14.6. The molecule has 1 aromatic heterocycles. The lowest BCUT2D eigenvalue weighted by atomic mass is 10.1. The topological polar surface area (TPSA) is 70.2 Å². The number of anilines is 2. The summed E-state index contributed by atoms with van der Waals surface area (Å²) in [6, 6.07) is 4.58. The minimum Gasteiger partial charge on any atom is -0.357 e. The van der Waals surface area contributed by atoms with Gasteiger partial charge in [-0.1, -0.05) is 6.07 Å². The Morgan fingerprint density at radius 1 is 1.15 bits per heavy atom. The van der Waals surface area contributed by atoms with Crippen molar-refractivity contribution in [2.45, 2.75) is 32.7 Å². The van der Waals surface area contributed by atoms with Crippen LogP contribution >= 0.6 is 0 Å². The van der Waals surface area contributed by atoms with Crippen molar-refractivity contribution in [3.8, 4) is 0 Å². The zero-order valence-electron chi connectivity index (χ0n) is 14.6. The Morgan fingerprint density at radius 3 is 2.54 bits per heavy atom. The Hall–Kier alpha value is -2.77. The average molecular weight is 361 g/mol. The predicted octanol–water partition coefficient (Wildman–Crippen LogP) is 3.38. The number of nitrogens with one attached hydrogen (secondary N) is 2. The summed E-state index contributed by atoms with van der Waals surface area (Å²) in [5.74, 6) is -0.372. The molecule has 6 nitrogen and oxygen atoms in total. The standard InChI is InChI=1S/C18H21F2N5O/c1-12-10-16(25-8-3-2-4-9-25)23-15(22-12)11-21-18(26)24-17-13(19)6-5-7-14(17)20/h5-7,10H,2-4,8-9,11H2,1H3,(H2,21,24,26). The highest BCUT2D eigenvalue weighted by Gasteiger charge is 2.15. The quantitative estimate of drug-likeness (QED) is 0.876. The Labute approximate surface area is 150 Å². The van der Waals surface area contributed by atoms with Crippen molar-refractivity contribution in [1.82, 2.24) is 15.3 Å². The minimum absolute atomic E-state index is 0.0599. The van der Waals surface area contributed by atoms with Crippen LogP contribution in [0.4, 0.5) is 25.1 Å². The molecule has 2 aromatic rings. The first-order chi connectivity index (χ1) is 12.5. The number of halogens is 2. The van der Waals surface area contributed by atoms with Gasteiger partial charge in [0, 0.05) is 24.8 Å². The van der Waals surface area contributed by atoms with E-state index in [-0.39, 0.29) is 6.54 Å². The number of carbonyl (C=O) groups is 1. The molecule has 0 unspecified atom stereocenters. The van der Waals surface area contributed by atoms with E-state index in [1.807, 2.05) is 13.0 Å². The maximum absolute atomic E-state index is 13.6. The number of nitrogens with zero attached hydrogens (tertiary/aromatic N) is 3. The number of urea groups is 1. The van der Waals surface area contributed by atoms with Crippen LogP contribution in [-0.4, -0.2) is 29.1 Å². The van der Waals surface area contributed by atoms with Crippen molar-refractivity contribution in [1.29, 1.82) is 0 Å². The number of aromatic nitrogens is 2. The number of para-hydroxylation sites is 1. The molecule has 0 atom stereocenters. The average Bonchev–Trinajstić information content (AvgIpc) is 2.63. The van der Waals surface area contributed by atoms with Crippen LogP contribution in [0.5, 0.6) is 0 Å². The van der Waals surface area contributed by atoms with Gasteiger partial charge in [0.2, 0.25) is 0 Å². The first-order valence-corrected chi connectivity index (χ1v) is 8.61. The highest BCUT2D eigenvalue weighted by Crippen LogP contribution is 2.19. The fourth-order valence-electron chi connectivity index (χ4n) is 2.91. The molecule has 1 fully saturated rings. The molecule has 0 bridgehead atoms. The van der Waals surface area contributed by atoms with Gasteiger partial charge in [-0.3, -0.25) is 0 Å². The number of carbonyl (C=O) groups excluding carboxylic acids is 1. The second kappa shape index (κ2) is 8.07. The van der Waals surface area contributed by atoms with Crippen molar-refractivity contribution in [2.75, 3.05) is 23.3 Å². The van der Waals surface area contributed by atoms with E-state index >= 15 is 0 Å². The van der Waals surface area contributed by atoms with Crippen LogP contribution in [0, 0.1) is 18.6 Å². The van der Waals surface area contributed by atoms with E-state index in [1.54, 1.807) is 0 Å². The van der Waals surface area contributed by atoms with Gasteiger partial charge in [0.05, 0.1) is 6.54 Å². The molecular weight excluding hydrogens is 340 g/mol. The lowest BCUT2D eigenvalue weighted by Gasteiger charge is -2.28. The predicted molar refractivity (Wildman–Crippen MR) is 95.0 cm³/mol. The molecule has 0 saturated carbocycles. The van der Waals surface area contributed by atoms with Gasteiger partial charge >= 0.3 is 6.03 Å².